The number of rotatable bonds is 6. The van der Waals surface area contributed by atoms with Crippen molar-refractivity contribution in [3.63, 3.8) is 0 Å². The molecule has 1 saturated heterocycles. The predicted octanol–water partition coefficient (Wildman–Crippen LogP) is 0.0636. The maximum Gasteiger partial charge on any atom is 0.246 e. The fourth-order valence-electron chi connectivity index (χ4n) is 1.85. The molecule has 0 aromatic rings. The third-order valence-corrected chi connectivity index (χ3v) is 3.30. The summed E-state index contributed by atoms with van der Waals surface area (Å²) in [7, 11) is 2.05. The average Bonchev–Trinajstić information content (AvgIpc) is 2.53. The number of carbonyl (C=O) groups is 2. The number of carbonyl (C=O) groups excluding carboxylic acids is 2. The van der Waals surface area contributed by atoms with Crippen LogP contribution in [0.4, 0.5) is 0 Å². The molecule has 17 heavy (non-hydrogen) atoms. The number of hydrogen-bond acceptors (Lipinski definition) is 4. The van der Waals surface area contributed by atoms with Gasteiger partial charge in [-0.2, -0.15) is 0 Å². The summed E-state index contributed by atoms with van der Waals surface area (Å²) in [5.41, 5.74) is 0. The Morgan fingerprint density at radius 3 is 2.59 bits per heavy atom. The maximum atomic E-state index is 11.8. The van der Waals surface area contributed by atoms with Crippen LogP contribution in [0.1, 0.15) is 27.2 Å². The quantitative estimate of drug-likeness (QED) is 0.668. The van der Waals surface area contributed by atoms with Gasteiger partial charge in [0.05, 0.1) is 12.5 Å². The molecular weight excluding hydrogens is 218 g/mol. The third kappa shape index (κ3) is 3.51. The van der Waals surface area contributed by atoms with Crippen LogP contribution in [-0.4, -0.2) is 60.4 Å². The van der Waals surface area contributed by atoms with Crippen LogP contribution in [0.25, 0.3) is 0 Å². The molecule has 0 saturated carbocycles. The van der Waals surface area contributed by atoms with E-state index in [1.165, 1.54) is 4.90 Å². The lowest BCUT2D eigenvalue weighted by Crippen LogP contribution is -2.42. The van der Waals surface area contributed by atoms with E-state index in [4.69, 9.17) is 0 Å². The van der Waals surface area contributed by atoms with Crippen molar-refractivity contribution in [2.75, 3.05) is 26.7 Å². The zero-order valence-electron chi connectivity index (χ0n) is 11.2. The molecule has 0 bridgehead atoms. The van der Waals surface area contributed by atoms with E-state index in [1.54, 1.807) is 0 Å². The second-order valence-corrected chi connectivity index (χ2v) is 4.76. The number of nitrogens with zero attached hydrogens (tertiary/aromatic N) is 2. The molecule has 2 amide bonds. The number of likely N-dealkylation sites (N-methyl/N-ethyl adjacent to an activating group) is 2. The fourth-order valence-corrected chi connectivity index (χ4v) is 1.85. The highest BCUT2D eigenvalue weighted by atomic mass is 16.2. The van der Waals surface area contributed by atoms with Crippen molar-refractivity contribution in [2.45, 2.75) is 39.3 Å². The van der Waals surface area contributed by atoms with Crippen LogP contribution >= 0.6 is 0 Å². The Morgan fingerprint density at radius 1 is 1.47 bits per heavy atom. The van der Waals surface area contributed by atoms with E-state index in [2.05, 4.69) is 24.1 Å². The van der Waals surface area contributed by atoms with Gasteiger partial charge >= 0.3 is 0 Å². The van der Waals surface area contributed by atoms with Crippen LogP contribution in [0.5, 0.6) is 0 Å². The zero-order chi connectivity index (χ0) is 13.0. The molecule has 0 aliphatic carbocycles. The molecule has 0 aromatic heterocycles. The minimum atomic E-state index is -0.317. The monoisotopic (exact) mass is 241 g/mol. The standard InChI is InChI=1S/C12H23N3O2/c1-5-15-11(16)8-10(12(15)17)13-6-7-14(4)9(2)3/h9-10,13H,5-8H2,1-4H3. The van der Waals surface area contributed by atoms with E-state index in [1.807, 2.05) is 14.0 Å². The minimum absolute atomic E-state index is 0.0628. The molecule has 1 aliphatic heterocycles. The van der Waals surface area contributed by atoms with E-state index in [0.717, 1.165) is 13.1 Å². The first-order valence-electron chi connectivity index (χ1n) is 6.25. The second-order valence-electron chi connectivity index (χ2n) is 4.76. The molecule has 1 N–H and O–H groups in total. The lowest BCUT2D eigenvalue weighted by molar-refractivity contribution is -0.138. The molecule has 1 aliphatic rings. The van der Waals surface area contributed by atoms with Crippen molar-refractivity contribution in [2.24, 2.45) is 0 Å². The SMILES string of the molecule is CCN1C(=O)CC(NCCN(C)C(C)C)C1=O. The normalized spacial score (nSPS) is 21.1. The fraction of sp³-hybridized carbons (Fsp3) is 0.833. The molecule has 0 spiro atoms. The van der Waals surface area contributed by atoms with E-state index in [0.29, 0.717) is 19.0 Å². The molecule has 1 unspecified atom stereocenters. The largest absolute Gasteiger partial charge is 0.304 e. The van der Waals surface area contributed by atoms with Crippen molar-refractivity contribution < 1.29 is 9.59 Å². The average molecular weight is 241 g/mol. The zero-order valence-corrected chi connectivity index (χ0v) is 11.2. The maximum absolute atomic E-state index is 11.8. The van der Waals surface area contributed by atoms with Gasteiger partial charge < -0.3 is 10.2 Å². The molecule has 5 heteroatoms. The van der Waals surface area contributed by atoms with E-state index in [-0.39, 0.29) is 17.9 Å². The molecule has 1 fully saturated rings. The highest BCUT2D eigenvalue weighted by Gasteiger charge is 2.36. The number of amides is 2. The van der Waals surface area contributed by atoms with Crippen LogP contribution in [-0.2, 0) is 9.59 Å². The smallest absolute Gasteiger partial charge is 0.246 e. The Labute approximate surface area is 103 Å². The minimum Gasteiger partial charge on any atom is -0.304 e. The van der Waals surface area contributed by atoms with E-state index >= 15 is 0 Å². The van der Waals surface area contributed by atoms with Crippen LogP contribution < -0.4 is 5.32 Å². The Morgan fingerprint density at radius 2 is 2.12 bits per heavy atom. The summed E-state index contributed by atoms with van der Waals surface area (Å²) in [6.45, 7) is 8.16. The van der Waals surface area contributed by atoms with Crippen molar-refractivity contribution in [1.82, 2.24) is 15.1 Å². The molecule has 1 atom stereocenters. The summed E-state index contributed by atoms with van der Waals surface area (Å²) >= 11 is 0. The summed E-state index contributed by atoms with van der Waals surface area (Å²) in [5, 5.41) is 3.16. The molecule has 0 radical (unpaired) electrons. The van der Waals surface area contributed by atoms with Crippen LogP contribution in [0.15, 0.2) is 0 Å². The van der Waals surface area contributed by atoms with Crippen LogP contribution in [0, 0.1) is 0 Å². The molecular formula is C12H23N3O2. The first-order valence-corrected chi connectivity index (χ1v) is 6.25. The van der Waals surface area contributed by atoms with Gasteiger partial charge in [0, 0.05) is 25.7 Å². The summed E-state index contributed by atoms with van der Waals surface area (Å²) in [6, 6.07) is 0.174. The molecule has 1 rings (SSSR count). The summed E-state index contributed by atoms with van der Waals surface area (Å²) in [5.74, 6) is -0.142. The van der Waals surface area contributed by atoms with Gasteiger partial charge in [0.25, 0.3) is 0 Å². The molecule has 0 aromatic carbocycles. The van der Waals surface area contributed by atoms with Crippen molar-refractivity contribution >= 4 is 11.8 Å². The van der Waals surface area contributed by atoms with Gasteiger partial charge in [-0.05, 0) is 27.8 Å². The van der Waals surface area contributed by atoms with Crippen molar-refractivity contribution in [3.05, 3.63) is 0 Å². The van der Waals surface area contributed by atoms with Gasteiger partial charge in [0.2, 0.25) is 11.8 Å². The molecule has 98 valence electrons. The van der Waals surface area contributed by atoms with Gasteiger partial charge in [0.1, 0.15) is 0 Å². The third-order valence-electron chi connectivity index (χ3n) is 3.30. The Kier molecular flexibility index (Phi) is 5.08. The predicted molar refractivity (Wildman–Crippen MR) is 66.6 cm³/mol. The van der Waals surface area contributed by atoms with Crippen molar-refractivity contribution in [1.29, 1.82) is 0 Å². The Balaban J connectivity index is 2.34. The van der Waals surface area contributed by atoms with Gasteiger partial charge in [-0.15, -0.1) is 0 Å². The topological polar surface area (TPSA) is 52.7 Å². The highest BCUT2D eigenvalue weighted by Crippen LogP contribution is 2.12. The number of likely N-dealkylation sites (tertiary alicyclic amines) is 1. The second kappa shape index (κ2) is 6.12. The van der Waals surface area contributed by atoms with Crippen molar-refractivity contribution in [3.8, 4) is 0 Å². The van der Waals surface area contributed by atoms with Gasteiger partial charge in [-0.3, -0.25) is 14.5 Å². The Bertz CT molecular complexity index is 291. The lowest BCUT2D eigenvalue weighted by Gasteiger charge is -2.22. The van der Waals surface area contributed by atoms with Crippen LogP contribution in [0.2, 0.25) is 0 Å². The highest BCUT2D eigenvalue weighted by molar-refractivity contribution is 6.05. The lowest BCUT2D eigenvalue weighted by atomic mass is 10.2. The first kappa shape index (κ1) is 14.1. The molecule has 1 heterocycles. The molecule has 5 nitrogen and oxygen atoms in total. The van der Waals surface area contributed by atoms with Gasteiger partial charge in [0.15, 0.2) is 0 Å². The summed E-state index contributed by atoms with van der Waals surface area (Å²) in [6.07, 6.45) is 0.304. The number of imide groups is 1. The first-order chi connectivity index (χ1) is 7.97. The summed E-state index contributed by atoms with van der Waals surface area (Å²) in [4.78, 5) is 26.8. The van der Waals surface area contributed by atoms with Gasteiger partial charge in [-0.1, -0.05) is 0 Å². The van der Waals surface area contributed by atoms with E-state index in [9.17, 15) is 9.59 Å². The summed E-state index contributed by atoms with van der Waals surface area (Å²) < 4.78 is 0. The van der Waals surface area contributed by atoms with Gasteiger partial charge in [-0.25, -0.2) is 0 Å². The van der Waals surface area contributed by atoms with E-state index < -0.39 is 0 Å². The number of nitrogens with one attached hydrogen (secondary N) is 1. The van der Waals surface area contributed by atoms with Crippen LogP contribution in [0.3, 0.4) is 0 Å². The number of hydrogen-bond donors (Lipinski definition) is 1. The Hall–Kier alpha value is -0.940.